The molecule has 0 saturated carbocycles. The van der Waals surface area contributed by atoms with E-state index in [1.54, 1.807) is 4.90 Å². The summed E-state index contributed by atoms with van der Waals surface area (Å²) in [4.78, 5) is 24.2. The van der Waals surface area contributed by atoms with Crippen LogP contribution in [0.15, 0.2) is 24.5 Å². The van der Waals surface area contributed by atoms with Gasteiger partial charge >= 0.3 is 0 Å². The smallest absolute Gasteiger partial charge is 0.282 e. The summed E-state index contributed by atoms with van der Waals surface area (Å²) in [5, 5.41) is 20.5. The van der Waals surface area contributed by atoms with Crippen LogP contribution in [0.25, 0.3) is 0 Å². The SMILES string of the molecule is CCN(C(=O)c1cc(F)ccc1Oc1nncnc1N1CCC2(C1)CN(C(CCNCCO)C(C)C)C2)C(C)C. The predicted molar refractivity (Wildman–Crippen MR) is 152 cm³/mol. The summed E-state index contributed by atoms with van der Waals surface area (Å²) in [6.07, 6.45) is 3.50. The monoisotopic (exact) mass is 557 g/mol. The van der Waals surface area contributed by atoms with Crippen molar-refractivity contribution in [1.82, 2.24) is 30.3 Å². The van der Waals surface area contributed by atoms with Crippen molar-refractivity contribution in [3.8, 4) is 11.6 Å². The maximum Gasteiger partial charge on any atom is 0.282 e. The molecule has 2 fully saturated rings. The van der Waals surface area contributed by atoms with Gasteiger partial charge in [-0.25, -0.2) is 9.37 Å². The van der Waals surface area contributed by atoms with Crippen molar-refractivity contribution in [2.75, 3.05) is 57.3 Å². The van der Waals surface area contributed by atoms with Crippen LogP contribution < -0.4 is 15.0 Å². The molecule has 0 aliphatic carbocycles. The maximum absolute atomic E-state index is 14.2. The number of benzene rings is 1. The first-order valence-electron chi connectivity index (χ1n) is 14.4. The van der Waals surface area contributed by atoms with Crippen LogP contribution >= 0.6 is 0 Å². The third kappa shape index (κ3) is 6.70. The highest BCUT2D eigenvalue weighted by Crippen LogP contribution is 2.44. The van der Waals surface area contributed by atoms with Gasteiger partial charge in [-0.05, 0) is 64.3 Å². The van der Waals surface area contributed by atoms with E-state index in [2.05, 4.69) is 44.1 Å². The molecule has 0 bridgehead atoms. The molecule has 1 aromatic carbocycles. The number of ether oxygens (including phenoxy) is 1. The number of carbonyl (C=O) groups excluding carboxylic acids is 1. The molecule has 2 N–H and O–H groups in total. The van der Waals surface area contributed by atoms with Crippen molar-refractivity contribution in [3.05, 3.63) is 35.9 Å². The second kappa shape index (κ2) is 13.2. The van der Waals surface area contributed by atoms with Gasteiger partial charge in [-0.2, -0.15) is 0 Å². The van der Waals surface area contributed by atoms with Crippen LogP contribution in [-0.4, -0.2) is 100 Å². The Kier molecular flexibility index (Phi) is 9.91. The quantitative estimate of drug-likeness (QED) is 0.359. The van der Waals surface area contributed by atoms with Crippen LogP contribution in [0.5, 0.6) is 11.6 Å². The number of nitrogens with zero attached hydrogens (tertiary/aromatic N) is 6. The van der Waals surface area contributed by atoms with E-state index in [4.69, 9.17) is 9.84 Å². The third-order valence-electron chi connectivity index (χ3n) is 8.13. The number of aromatic nitrogens is 3. The lowest BCUT2D eigenvalue weighted by Crippen LogP contribution is -2.62. The van der Waals surface area contributed by atoms with Crippen molar-refractivity contribution in [2.45, 2.75) is 59.5 Å². The molecule has 2 saturated heterocycles. The van der Waals surface area contributed by atoms with Gasteiger partial charge in [0.15, 0.2) is 5.82 Å². The van der Waals surface area contributed by atoms with Gasteiger partial charge in [-0.3, -0.25) is 9.69 Å². The average molecular weight is 558 g/mol. The third-order valence-corrected chi connectivity index (χ3v) is 8.13. The van der Waals surface area contributed by atoms with Crippen LogP contribution in [0.2, 0.25) is 0 Å². The van der Waals surface area contributed by atoms with Gasteiger partial charge in [0.1, 0.15) is 17.9 Å². The summed E-state index contributed by atoms with van der Waals surface area (Å²) in [5.41, 5.74) is 0.330. The van der Waals surface area contributed by atoms with Crippen molar-refractivity contribution >= 4 is 11.7 Å². The van der Waals surface area contributed by atoms with E-state index in [-0.39, 0.29) is 41.2 Å². The maximum atomic E-state index is 14.2. The number of hydrogen-bond acceptors (Lipinski definition) is 9. The number of likely N-dealkylation sites (tertiary alicyclic amines) is 1. The van der Waals surface area contributed by atoms with Gasteiger partial charge in [0.25, 0.3) is 11.8 Å². The predicted octanol–water partition coefficient (Wildman–Crippen LogP) is 3.18. The number of aliphatic hydroxyl groups excluding tert-OH is 1. The molecule has 1 atom stereocenters. The Balaban J connectivity index is 1.46. The van der Waals surface area contributed by atoms with E-state index in [9.17, 15) is 9.18 Å². The molecule has 10 nitrogen and oxygen atoms in total. The normalized spacial score (nSPS) is 17.5. The molecule has 2 aliphatic heterocycles. The van der Waals surface area contributed by atoms with Gasteiger partial charge in [-0.1, -0.05) is 13.8 Å². The number of rotatable bonds is 13. The fourth-order valence-electron chi connectivity index (χ4n) is 6.12. The van der Waals surface area contributed by atoms with Gasteiger partial charge < -0.3 is 25.0 Å². The Morgan fingerprint density at radius 3 is 2.67 bits per heavy atom. The number of anilines is 1. The second-order valence-corrected chi connectivity index (χ2v) is 11.7. The summed E-state index contributed by atoms with van der Waals surface area (Å²) in [6, 6.07) is 4.40. The molecule has 1 aromatic heterocycles. The van der Waals surface area contributed by atoms with E-state index >= 15 is 0 Å². The molecular formula is C29H44FN7O3. The van der Waals surface area contributed by atoms with E-state index in [0.717, 1.165) is 45.6 Å². The van der Waals surface area contributed by atoms with E-state index < -0.39 is 5.82 Å². The number of carbonyl (C=O) groups is 1. The zero-order chi connectivity index (χ0) is 28.9. The van der Waals surface area contributed by atoms with Crippen LogP contribution in [-0.2, 0) is 0 Å². The molecule has 1 unspecified atom stereocenters. The minimum absolute atomic E-state index is 0.0442. The van der Waals surface area contributed by atoms with Gasteiger partial charge in [-0.15, -0.1) is 10.2 Å². The van der Waals surface area contributed by atoms with Gasteiger partial charge in [0.05, 0.1) is 12.2 Å². The summed E-state index contributed by atoms with van der Waals surface area (Å²) in [5.74, 6) is 0.757. The number of aliphatic hydroxyl groups is 1. The van der Waals surface area contributed by atoms with Gasteiger partial charge in [0.2, 0.25) is 0 Å². The van der Waals surface area contributed by atoms with Crippen molar-refractivity contribution in [1.29, 1.82) is 0 Å². The van der Waals surface area contributed by atoms with Crippen LogP contribution in [0.3, 0.4) is 0 Å². The molecule has 0 radical (unpaired) electrons. The lowest BCUT2D eigenvalue weighted by molar-refractivity contribution is -0.0332. The Morgan fingerprint density at radius 2 is 2.00 bits per heavy atom. The van der Waals surface area contributed by atoms with Crippen molar-refractivity contribution in [2.24, 2.45) is 11.3 Å². The minimum atomic E-state index is -0.507. The van der Waals surface area contributed by atoms with Crippen molar-refractivity contribution < 1.29 is 19.0 Å². The molecule has 4 rings (SSSR count). The Morgan fingerprint density at radius 1 is 1.23 bits per heavy atom. The second-order valence-electron chi connectivity index (χ2n) is 11.7. The summed E-state index contributed by atoms with van der Waals surface area (Å²) in [6.45, 7) is 16.2. The van der Waals surface area contributed by atoms with Crippen LogP contribution in [0, 0.1) is 17.2 Å². The number of amides is 1. The molecule has 2 aliphatic rings. The molecule has 40 heavy (non-hydrogen) atoms. The lowest BCUT2D eigenvalue weighted by Gasteiger charge is -2.53. The highest BCUT2D eigenvalue weighted by molar-refractivity contribution is 5.97. The molecule has 11 heteroatoms. The highest BCUT2D eigenvalue weighted by atomic mass is 19.1. The lowest BCUT2D eigenvalue weighted by atomic mass is 9.76. The number of halogens is 1. The van der Waals surface area contributed by atoms with E-state index in [0.29, 0.717) is 30.9 Å². The largest absolute Gasteiger partial charge is 0.434 e. The van der Waals surface area contributed by atoms with Crippen LogP contribution in [0.4, 0.5) is 10.2 Å². The average Bonchev–Trinajstić information content (AvgIpc) is 3.35. The van der Waals surface area contributed by atoms with Gasteiger partial charge in [0, 0.05) is 56.8 Å². The first-order valence-corrected chi connectivity index (χ1v) is 14.4. The molecular weight excluding hydrogens is 513 g/mol. The Labute approximate surface area is 236 Å². The first kappa shape index (κ1) is 30.1. The van der Waals surface area contributed by atoms with Crippen LogP contribution in [0.1, 0.15) is 57.8 Å². The highest BCUT2D eigenvalue weighted by Gasteiger charge is 2.50. The Hall–Kier alpha value is -2.89. The fraction of sp³-hybridized carbons (Fsp3) is 0.655. The summed E-state index contributed by atoms with van der Waals surface area (Å²) in [7, 11) is 0. The molecule has 220 valence electrons. The number of nitrogens with one attached hydrogen (secondary N) is 1. The topological polar surface area (TPSA) is 107 Å². The zero-order valence-electron chi connectivity index (χ0n) is 24.4. The molecule has 1 spiro atoms. The Bertz CT molecular complexity index is 1140. The number of hydrogen-bond donors (Lipinski definition) is 2. The summed E-state index contributed by atoms with van der Waals surface area (Å²) >= 11 is 0. The molecule has 3 heterocycles. The first-order chi connectivity index (χ1) is 19.2. The molecule has 1 amide bonds. The van der Waals surface area contributed by atoms with E-state index in [1.165, 1.54) is 24.5 Å². The molecule has 2 aromatic rings. The fourth-order valence-corrected chi connectivity index (χ4v) is 6.12. The standard InChI is InChI=1S/C29H44FN7O3/c1-6-37(21(4)5)28(39)23-15-22(30)7-8-25(23)40-27-26(32-19-33-34-27)35-13-10-29(16-35)17-36(18-29)24(20(2)3)9-11-31-12-14-38/h7-8,15,19-21,24,31,38H,6,9-14,16-18H2,1-5H3. The van der Waals surface area contributed by atoms with E-state index in [1.807, 2.05) is 20.8 Å². The minimum Gasteiger partial charge on any atom is -0.434 e. The van der Waals surface area contributed by atoms with Crippen molar-refractivity contribution in [3.63, 3.8) is 0 Å². The summed E-state index contributed by atoms with van der Waals surface area (Å²) < 4.78 is 20.4. The zero-order valence-corrected chi connectivity index (χ0v) is 24.4.